The van der Waals surface area contributed by atoms with E-state index in [-0.39, 0.29) is 0 Å². The predicted octanol–water partition coefficient (Wildman–Crippen LogP) is 3.33. The normalized spacial score (nSPS) is 10.3. The summed E-state index contributed by atoms with van der Waals surface area (Å²) in [7, 11) is 0. The molecule has 0 spiro atoms. The highest BCUT2D eigenvalue weighted by molar-refractivity contribution is 7.99. The molecule has 0 fully saturated rings. The summed E-state index contributed by atoms with van der Waals surface area (Å²) in [6, 6.07) is 3.69. The first-order valence-corrected chi connectivity index (χ1v) is 5.59. The second-order valence-electron chi connectivity index (χ2n) is 2.57. The maximum Gasteiger partial charge on any atom is 0.147 e. The van der Waals surface area contributed by atoms with Gasteiger partial charge in [-0.2, -0.15) is 0 Å². The molecule has 2 heterocycles. The van der Waals surface area contributed by atoms with Crippen LogP contribution in [0.15, 0.2) is 40.6 Å². The van der Waals surface area contributed by atoms with Gasteiger partial charge in [-0.3, -0.25) is 0 Å². The summed E-state index contributed by atoms with van der Waals surface area (Å²) < 4.78 is 0. The molecule has 15 heavy (non-hydrogen) atoms. The smallest absolute Gasteiger partial charge is 0.147 e. The lowest BCUT2D eigenvalue weighted by Gasteiger charge is -2.01. The summed E-state index contributed by atoms with van der Waals surface area (Å²) in [4.78, 5) is 12.8. The minimum Gasteiger partial charge on any atom is -0.245 e. The number of pyridine rings is 1. The van der Waals surface area contributed by atoms with Gasteiger partial charge in [0, 0.05) is 6.20 Å². The number of hydrogen-bond donors (Lipinski definition) is 0. The van der Waals surface area contributed by atoms with Gasteiger partial charge in [0.15, 0.2) is 0 Å². The van der Waals surface area contributed by atoms with Crippen molar-refractivity contribution in [1.82, 2.24) is 15.0 Å². The SMILES string of the molecule is Clc1cnc(Sc2cccnc2Cl)cn1. The van der Waals surface area contributed by atoms with Gasteiger partial charge in [0.1, 0.15) is 15.3 Å². The summed E-state index contributed by atoms with van der Waals surface area (Å²) in [5, 5.41) is 1.56. The van der Waals surface area contributed by atoms with Crippen LogP contribution in [0.3, 0.4) is 0 Å². The number of hydrogen-bond acceptors (Lipinski definition) is 4. The lowest BCUT2D eigenvalue weighted by atomic mass is 10.5. The topological polar surface area (TPSA) is 38.7 Å². The molecule has 0 N–H and O–H groups in total. The van der Waals surface area contributed by atoms with E-state index in [0.717, 1.165) is 9.92 Å². The first-order valence-electron chi connectivity index (χ1n) is 4.01. The molecular formula is C9H5Cl2N3S. The number of aromatic nitrogens is 3. The Hall–Kier alpha value is -0.840. The van der Waals surface area contributed by atoms with Crippen molar-refractivity contribution in [1.29, 1.82) is 0 Å². The number of nitrogens with zero attached hydrogens (tertiary/aromatic N) is 3. The van der Waals surface area contributed by atoms with Gasteiger partial charge in [-0.05, 0) is 12.1 Å². The van der Waals surface area contributed by atoms with Crippen LogP contribution in [0.2, 0.25) is 10.3 Å². The van der Waals surface area contributed by atoms with Gasteiger partial charge >= 0.3 is 0 Å². The van der Waals surface area contributed by atoms with Crippen molar-refractivity contribution in [2.24, 2.45) is 0 Å². The number of halogens is 2. The third kappa shape index (κ3) is 2.81. The maximum absolute atomic E-state index is 5.90. The quantitative estimate of drug-likeness (QED) is 0.774. The van der Waals surface area contributed by atoms with Crippen molar-refractivity contribution in [2.45, 2.75) is 9.92 Å². The molecule has 0 aliphatic rings. The van der Waals surface area contributed by atoms with Gasteiger partial charge in [-0.15, -0.1) is 0 Å². The van der Waals surface area contributed by atoms with E-state index in [2.05, 4.69) is 15.0 Å². The maximum atomic E-state index is 5.90. The molecule has 2 rings (SSSR count). The second kappa shape index (κ2) is 4.79. The molecule has 0 atom stereocenters. The first kappa shape index (κ1) is 10.7. The van der Waals surface area contributed by atoms with Gasteiger partial charge in [0.25, 0.3) is 0 Å². The lowest BCUT2D eigenvalue weighted by molar-refractivity contribution is 1.05. The van der Waals surface area contributed by atoms with E-state index in [1.54, 1.807) is 12.4 Å². The Morgan fingerprint density at radius 1 is 1.07 bits per heavy atom. The molecule has 2 aromatic heterocycles. The third-order valence-corrected chi connectivity index (χ3v) is 3.11. The van der Waals surface area contributed by atoms with E-state index in [9.17, 15) is 0 Å². The molecule has 0 bridgehead atoms. The summed E-state index contributed by atoms with van der Waals surface area (Å²) in [6.07, 6.45) is 4.73. The summed E-state index contributed by atoms with van der Waals surface area (Å²) >= 11 is 12.9. The predicted molar refractivity (Wildman–Crippen MR) is 60.4 cm³/mol. The highest BCUT2D eigenvalue weighted by atomic mass is 35.5. The molecule has 0 aliphatic heterocycles. The van der Waals surface area contributed by atoms with Crippen LogP contribution >= 0.6 is 35.0 Å². The van der Waals surface area contributed by atoms with E-state index in [0.29, 0.717) is 10.3 Å². The largest absolute Gasteiger partial charge is 0.245 e. The average Bonchev–Trinajstić information content (AvgIpc) is 2.25. The lowest BCUT2D eigenvalue weighted by Crippen LogP contribution is -1.84. The van der Waals surface area contributed by atoms with Crippen molar-refractivity contribution in [3.05, 3.63) is 41.0 Å². The first-order chi connectivity index (χ1) is 7.25. The number of rotatable bonds is 2. The zero-order chi connectivity index (χ0) is 10.7. The molecule has 0 unspecified atom stereocenters. The minimum atomic E-state index is 0.372. The Labute approximate surface area is 101 Å². The Morgan fingerprint density at radius 3 is 2.60 bits per heavy atom. The summed E-state index contributed by atoms with van der Waals surface area (Å²) in [5.41, 5.74) is 0. The van der Waals surface area contributed by atoms with Crippen LogP contribution in [0.4, 0.5) is 0 Å². The highest BCUT2D eigenvalue weighted by Crippen LogP contribution is 2.30. The standard InChI is InChI=1S/C9H5Cl2N3S/c10-7-4-14-8(5-13-7)15-6-2-1-3-12-9(6)11/h1-5H. The molecule has 0 amide bonds. The Morgan fingerprint density at radius 2 is 1.93 bits per heavy atom. The molecule has 0 aromatic carbocycles. The second-order valence-corrected chi connectivity index (χ2v) is 4.38. The van der Waals surface area contributed by atoms with Crippen molar-refractivity contribution < 1.29 is 0 Å². The molecule has 2 aromatic rings. The fraction of sp³-hybridized carbons (Fsp3) is 0. The van der Waals surface area contributed by atoms with E-state index in [4.69, 9.17) is 23.2 Å². The van der Waals surface area contributed by atoms with E-state index in [1.807, 2.05) is 12.1 Å². The van der Waals surface area contributed by atoms with Gasteiger partial charge in [0.05, 0.1) is 17.3 Å². The van der Waals surface area contributed by atoms with E-state index >= 15 is 0 Å². The van der Waals surface area contributed by atoms with Gasteiger partial charge in [-0.1, -0.05) is 35.0 Å². The summed E-state index contributed by atoms with van der Waals surface area (Å²) in [6.45, 7) is 0. The Bertz CT molecular complexity index is 461. The van der Waals surface area contributed by atoms with Crippen LogP contribution in [-0.2, 0) is 0 Å². The van der Waals surface area contributed by atoms with Crippen molar-refractivity contribution >= 4 is 35.0 Å². The molecule has 0 aliphatic carbocycles. The van der Waals surface area contributed by atoms with Crippen LogP contribution in [0.25, 0.3) is 0 Å². The third-order valence-electron chi connectivity index (χ3n) is 1.54. The minimum absolute atomic E-state index is 0.372. The van der Waals surface area contributed by atoms with Crippen LogP contribution in [0.5, 0.6) is 0 Å². The Balaban J connectivity index is 2.22. The molecule has 0 saturated carbocycles. The van der Waals surface area contributed by atoms with E-state index in [1.165, 1.54) is 18.0 Å². The van der Waals surface area contributed by atoms with Crippen LogP contribution in [-0.4, -0.2) is 15.0 Å². The highest BCUT2D eigenvalue weighted by Gasteiger charge is 2.04. The summed E-state index contributed by atoms with van der Waals surface area (Å²) in [5.74, 6) is 0. The van der Waals surface area contributed by atoms with Gasteiger partial charge in [-0.25, -0.2) is 15.0 Å². The molecule has 0 radical (unpaired) electrons. The van der Waals surface area contributed by atoms with Crippen LogP contribution < -0.4 is 0 Å². The van der Waals surface area contributed by atoms with Gasteiger partial charge in [0.2, 0.25) is 0 Å². The van der Waals surface area contributed by atoms with Gasteiger partial charge < -0.3 is 0 Å². The van der Waals surface area contributed by atoms with Crippen molar-refractivity contribution in [3.63, 3.8) is 0 Å². The zero-order valence-corrected chi connectivity index (χ0v) is 9.72. The fourth-order valence-corrected chi connectivity index (χ4v) is 1.97. The van der Waals surface area contributed by atoms with Crippen molar-refractivity contribution in [3.8, 4) is 0 Å². The molecule has 0 saturated heterocycles. The zero-order valence-electron chi connectivity index (χ0n) is 7.39. The molecule has 6 heteroatoms. The van der Waals surface area contributed by atoms with Crippen molar-refractivity contribution in [2.75, 3.05) is 0 Å². The van der Waals surface area contributed by atoms with Crippen LogP contribution in [0, 0.1) is 0 Å². The monoisotopic (exact) mass is 257 g/mol. The van der Waals surface area contributed by atoms with Crippen LogP contribution in [0.1, 0.15) is 0 Å². The average molecular weight is 258 g/mol. The molecule has 3 nitrogen and oxygen atoms in total. The fourth-order valence-electron chi connectivity index (χ4n) is 0.913. The van der Waals surface area contributed by atoms with E-state index < -0.39 is 0 Å². The molecule has 76 valence electrons. The molecular weight excluding hydrogens is 253 g/mol. The Kier molecular flexibility index (Phi) is 3.41.